The number of nitrogens with one attached hydrogen (secondary N) is 2. The molecule has 0 fully saturated rings. The number of amides is 1. The molecule has 10 heteroatoms. The Labute approximate surface area is 129 Å². The van der Waals surface area contributed by atoms with Gasteiger partial charge < -0.3 is 9.84 Å². The van der Waals surface area contributed by atoms with Crippen molar-refractivity contribution in [2.75, 3.05) is 7.11 Å². The molecule has 0 aliphatic carbocycles. The number of aromatic amines is 1. The second-order valence-electron chi connectivity index (χ2n) is 4.46. The Kier molecular flexibility index (Phi) is 4.55. The van der Waals surface area contributed by atoms with Crippen LogP contribution in [-0.2, 0) is 0 Å². The third-order valence-corrected chi connectivity index (χ3v) is 2.81. The fourth-order valence-electron chi connectivity index (χ4n) is 1.71. The van der Waals surface area contributed by atoms with E-state index in [-0.39, 0.29) is 22.7 Å². The van der Waals surface area contributed by atoms with E-state index in [1.54, 1.807) is 6.92 Å². The van der Waals surface area contributed by atoms with Crippen LogP contribution < -0.4 is 15.3 Å². The zero-order chi connectivity index (χ0) is 17.0. The first-order valence-corrected chi connectivity index (χ1v) is 6.31. The summed E-state index contributed by atoms with van der Waals surface area (Å²) in [6.45, 7) is 1.73. The van der Waals surface area contributed by atoms with Gasteiger partial charge in [0.2, 0.25) is 0 Å². The summed E-state index contributed by atoms with van der Waals surface area (Å²) in [6.07, 6.45) is 1.01. The molecular weight excluding hydrogens is 306 g/mol. The van der Waals surface area contributed by atoms with Crippen LogP contribution in [0.1, 0.15) is 21.7 Å². The number of hydrogen-bond donors (Lipinski definition) is 2. The number of H-pyrrole nitrogens is 1. The van der Waals surface area contributed by atoms with E-state index >= 15 is 0 Å². The Morgan fingerprint density at radius 3 is 2.78 bits per heavy atom. The number of hydrogen-bond acceptors (Lipinski definition) is 7. The molecular formula is C13H12N5O5-. The minimum absolute atomic E-state index is 0.0884. The number of ether oxygens (including phenoxy) is 1. The van der Waals surface area contributed by atoms with Crippen LogP contribution >= 0.6 is 0 Å². The predicted octanol–water partition coefficient (Wildman–Crippen LogP) is 0.472. The number of hydrazone groups is 1. The first-order chi connectivity index (χ1) is 10.9. The van der Waals surface area contributed by atoms with Gasteiger partial charge in [0.1, 0.15) is 5.75 Å². The van der Waals surface area contributed by atoms with Crippen molar-refractivity contribution in [3.05, 3.63) is 45.3 Å². The van der Waals surface area contributed by atoms with Crippen LogP contribution in [0, 0.1) is 17.0 Å². The van der Waals surface area contributed by atoms with E-state index in [0.717, 1.165) is 18.3 Å². The molecule has 0 spiro atoms. The van der Waals surface area contributed by atoms with Crippen molar-refractivity contribution in [3.63, 3.8) is 0 Å². The summed E-state index contributed by atoms with van der Waals surface area (Å²) in [7, 11) is 1.23. The number of nitrogens with zero attached hydrogens (tertiary/aromatic N) is 3. The highest BCUT2D eigenvalue weighted by Crippen LogP contribution is 2.31. The maximum Gasteiger partial charge on any atom is 0.291 e. The van der Waals surface area contributed by atoms with Crippen LogP contribution in [0.25, 0.3) is 0 Å². The molecule has 0 bridgehead atoms. The highest BCUT2D eigenvalue weighted by atomic mass is 16.6. The molecule has 1 aromatic carbocycles. The Hall–Kier alpha value is -3.43. The number of non-ortho nitro benzene ring substituents is 1. The Bertz CT molecular complexity index is 783. The minimum Gasteiger partial charge on any atom is -0.870 e. The summed E-state index contributed by atoms with van der Waals surface area (Å²) in [5.41, 5.74) is 2.58. The molecule has 120 valence electrons. The van der Waals surface area contributed by atoms with Crippen LogP contribution in [-0.4, -0.2) is 34.4 Å². The third kappa shape index (κ3) is 3.61. The molecule has 0 aliphatic heterocycles. The first kappa shape index (κ1) is 15.9. The number of carbonyl (C=O) groups is 1. The molecule has 0 radical (unpaired) electrons. The molecule has 2 N–H and O–H groups in total. The molecule has 1 heterocycles. The number of nitro groups is 1. The molecule has 0 unspecified atom stereocenters. The molecule has 10 nitrogen and oxygen atoms in total. The molecule has 23 heavy (non-hydrogen) atoms. The maximum absolute atomic E-state index is 12.0. The van der Waals surface area contributed by atoms with Gasteiger partial charge in [0, 0.05) is 11.8 Å². The number of rotatable bonds is 5. The standard InChI is InChI=1S/C13H13N5O5/c1-7-3-10(16-15-7)13(20)17-14-6-8-4-9(18(21)22)5-11(23-2)12(8)19/h3-6,19H,1-2H3,(H,15,16)(H,17,20)/p-1/b14-6-. The van der Waals surface area contributed by atoms with E-state index in [4.69, 9.17) is 4.74 Å². The van der Waals surface area contributed by atoms with Gasteiger partial charge in [-0.1, -0.05) is 5.75 Å². The van der Waals surface area contributed by atoms with Gasteiger partial charge in [-0.3, -0.25) is 20.0 Å². The van der Waals surface area contributed by atoms with Crippen LogP contribution in [0.15, 0.2) is 23.3 Å². The molecule has 1 aromatic heterocycles. The van der Waals surface area contributed by atoms with E-state index < -0.39 is 16.6 Å². The fraction of sp³-hybridized carbons (Fsp3) is 0.154. The van der Waals surface area contributed by atoms with E-state index in [1.807, 2.05) is 0 Å². The quantitative estimate of drug-likeness (QED) is 0.465. The Morgan fingerprint density at radius 1 is 1.48 bits per heavy atom. The number of methoxy groups -OCH3 is 1. The van der Waals surface area contributed by atoms with Crippen molar-refractivity contribution in [2.24, 2.45) is 5.10 Å². The van der Waals surface area contributed by atoms with Gasteiger partial charge in [-0.05, 0) is 18.6 Å². The van der Waals surface area contributed by atoms with Gasteiger partial charge in [-0.15, -0.1) is 0 Å². The number of carbonyl (C=O) groups excluding carboxylic acids is 1. The molecule has 0 saturated heterocycles. The van der Waals surface area contributed by atoms with Gasteiger partial charge in [-0.2, -0.15) is 10.2 Å². The van der Waals surface area contributed by atoms with E-state index in [2.05, 4.69) is 20.7 Å². The average molecular weight is 318 g/mol. The second-order valence-corrected chi connectivity index (χ2v) is 4.46. The molecule has 2 rings (SSSR count). The van der Waals surface area contributed by atoms with E-state index in [0.29, 0.717) is 5.69 Å². The van der Waals surface area contributed by atoms with Crippen molar-refractivity contribution < 1.29 is 19.6 Å². The lowest BCUT2D eigenvalue weighted by Crippen LogP contribution is -2.18. The number of aryl methyl sites for hydroxylation is 1. The normalized spacial score (nSPS) is 10.7. The van der Waals surface area contributed by atoms with Crippen molar-refractivity contribution in [1.82, 2.24) is 15.6 Å². The third-order valence-electron chi connectivity index (χ3n) is 2.81. The fourth-order valence-corrected chi connectivity index (χ4v) is 1.71. The number of benzene rings is 1. The Morgan fingerprint density at radius 2 is 2.22 bits per heavy atom. The summed E-state index contributed by atoms with van der Waals surface area (Å²) in [5, 5.41) is 32.7. The molecule has 0 atom stereocenters. The van der Waals surface area contributed by atoms with Crippen LogP contribution in [0.2, 0.25) is 0 Å². The van der Waals surface area contributed by atoms with E-state index in [1.165, 1.54) is 13.2 Å². The van der Waals surface area contributed by atoms with Gasteiger partial charge >= 0.3 is 0 Å². The highest BCUT2D eigenvalue weighted by Gasteiger charge is 2.12. The topological polar surface area (TPSA) is 146 Å². The number of nitro benzene ring substituents is 1. The largest absolute Gasteiger partial charge is 0.870 e. The lowest BCUT2D eigenvalue weighted by atomic mass is 10.2. The molecule has 2 aromatic rings. The van der Waals surface area contributed by atoms with Crippen molar-refractivity contribution in [3.8, 4) is 11.5 Å². The summed E-state index contributed by atoms with van der Waals surface area (Å²) < 4.78 is 4.80. The highest BCUT2D eigenvalue weighted by molar-refractivity contribution is 5.93. The summed E-state index contributed by atoms with van der Waals surface area (Å²) in [5.74, 6) is -1.35. The average Bonchev–Trinajstić information content (AvgIpc) is 2.95. The lowest BCUT2D eigenvalue weighted by molar-refractivity contribution is -0.385. The van der Waals surface area contributed by atoms with E-state index in [9.17, 15) is 20.0 Å². The van der Waals surface area contributed by atoms with Crippen LogP contribution in [0.3, 0.4) is 0 Å². The first-order valence-electron chi connectivity index (χ1n) is 6.31. The van der Waals surface area contributed by atoms with Gasteiger partial charge in [-0.25, -0.2) is 5.43 Å². The van der Waals surface area contributed by atoms with Crippen molar-refractivity contribution >= 4 is 17.8 Å². The summed E-state index contributed by atoms with van der Waals surface area (Å²) >= 11 is 0. The van der Waals surface area contributed by atoms with Gasteiger partial charge in [0.05, 0.1) is 24.3 Å². The van der Waals surface area contributed by atoms with Crippen molar-refractivity contribution in [2.45, 2.75) is 6.92 Å². The summed E-state index contributed by atoms with van der Waals surface area (Å²) in [6, 6.07) is 3.57. The SMILES string of the molecule is COc1cc([N+](=O)[O-])cc(/C=N\NC(=O)c2cc(C)[nH]n2)c1[O-]. The van der Waals surface area contributed by atoms with Crippen molar-refractivity contribution in [1.29, 1.82) is 0 Å². The second kappa shape index (κ2) is 6.56. The maximum atomic E-state index is 12.0. The van der Waals surface area contributed by atoms with Gasteiger partial charge in [0.25, 0.3) is 11.6 Å². The zero-order valence-electron chi connectivity index (χ0n) is 12.2. The zero-order valence-corrected chi connectivity index (χ0v) is 12.2. The Balaban J connectivity index is 2.20. The minimum atomic E-state index is -0.662. The molecule has 0 aliphatic rings. The lowest BCUT2D eigenvalue weighted by Gasteiger charge is -2.14. The number of aromatic nitrogens is 2. The van der Waals surface area contributed by atoms with Gasteiger partial charge in [0.15, 0.2) is 5.69 Å². The molecule has 1 amide bonds. The van der Waals surface area contributed by atoms with Crippen LogP contribution in [0.4, 0.5) is 5.69 Å². The summed E-state index contributed by atoms with van der Waals surface area (Å²) in [4.78, 5) is 21.9. The predicted molar refractivity (Wildman–Crippen MR) is 77.5 cm³/mol. The smallest absolute Gasteiger partial charge is 0.291 e. The molecule has 0 saturated carbocycles. The van der Waals surface area contributed by atoms with Crippen LogP contribution in [0.5, 0.6) is 11.5 Å². The monoisotopic (exact) mass is 318 g/mol.